The lowest BCUT2D eigenvalue weighted by Gasteiger charge is -2.24. The fraction of sp³-hybridized carbons (Fsp3) is 0.667. The Morgan fingerprint density at radius 1 is 1.26 bits per heavy atom. The van der Waals surface area contributed by atoms with Crippen molar-refractivity contribution in [3.8, 4) is 11.5 Å². The number of ether oxygens (including phenoxy) is 2. The zero-order valence-corrected chi connectivity index (χ0v) is 14.9. The third-order valence-electron chi connectivity index (χ3n) is 4.75. The van der Waals surface area contributed by atoms with E-state index in [-0.39, 0.29) is 0 Å². The number of nitrogens with zero attached hydrogens (tertiary/aromatic N) is 1. The molecule has 128 valence electrons. The third kappa shape index (κ3) is 4.11. The summed E-state index contributed by atoms with van der Waals surface area (Å²) >= 11 is 6.43. The van der Waals surface area contributed by atoms with Gasteiger partial charge in [0.25, 0.3) is 0 Å². The number of rotatable bonds is 6. The Morgan fingerprint density at radius 2 is 2.09 bits per heavy atom. The maximum atomic E-state index is 6.43. The zero-order chi connectivity index (χ0) is 16.2. The van der Waals surface area contributed by atoms with E-state index in [9.17, 15) is 0 Å². The van der Waals surface area contributed by atoms with Gasteiger partial charge in [-0.1, -0.05) is 18.5 Å². The van der Waals surface area contributed by atoms with Gasteiger partial charge in [-0.25, -0.2) is 0 Å². The van der Waals surface area contributed by atoms with Gasteiger partial charge in [0.1, 0.15) is 0 Å². The van der Waals surface area contributed by atoms with Crippen molar-refractivity contribution in [1.29, 1.82) is 0 Å². The molecule has 0 saturated carbocycles. The van der Waals surface area contributed by atoms with Crippen LogP contribution in [0.5, 0.6) is 11.5 Å². The summed E-state index contributed by atoms with van der Waals surface area (Å²) in [5.41, 5.74) is 1.19. The molecular formula is C18H27ClN2O2. The van der Waals surface area contributed by atoms with E-state index in [0.29, 0.717) is 29.5 Å². The standard InChI is InChI=1S/C18H27ClN2O2/c1-3-8-23-18-16(19)9-13(10-17(18)22-2)11-21-7-6-14-4-5-15(12-21)20-14/h9-10,14-15,20H,3-8,11-12H2,1-2H3/t14-,15+/m1/s1. The molecule has 0 unspecified atom stereocenters. The first kappa shape index (κ1) is 16.9. The smallest absolute Gasteiger partial charge is 0.179 e. The molecule has 23 heavy (non-hydrogen) atoms. The number of hydrogen-bond donors (Lipinski definition) is 1. The van der Waals surface area contributed by atoms with E-state index in [0.717, 1.165) is 31.8 Å². The Morgan fingerprint density at radius 3 is 2.87 bits per heavy atom. The van der Waals surface area contributed by atoms with E-state index in [4.69, 9.17) is 21.1 Å². The van der Waals surface area contributed by atoms with E-state index in [2.05, 4.69) is 23.2 Å². The highest BCUT2D eigenvalue weighted by molar-refractivity contribution is 6.32. The molecule has 2 aliphatic heterocycles. The second kappa shape index (κ2) is 7.73. The number of likely N-dealkylation sites (tertiary alicyclic amines) is 1. The van der Waals surface area contributed by atoms with E-state index >= 15 is 0 Å². The Bertz CT molecular complexity index is 538. The molecule has 0 amide bonds. The highest BCUT2D eigenvalue weighted by Crippen LogP contribution is 2.37. The molecule has 2 aliphatic rings. The summed E-state index contributed by atoms with van der Waals surface area (Å²) < 4.78 is 11.2. The molecule has 4 nitrogen and oxygen atoms in total. The Labute approximate surface area is 144 Å². The summed E-state index contributed by atoms with van der Waals surface area (Å²) in [5.74, 6) is 1.40. The average Bonchev–Trinajstić information content (AvgIpc) is 2.88. The molecule has 0 radical (unpaired) electrons. The van der Waals surface area contributed by atoms with Crippen LogP contribution in [0.3, 0.4) is 0 Å². The van der Waals surface area contributed by atoms with Crippen molar-refractivity contribution in [2.24, 2.45) is 0 Å². The van der Waals surface area contributed by atoms with Crippen LogP contribution in [-0.2, 0) is 6.54 Å². The number of nitrogens with one attached hydrogen (secondary N) is 1. The van der Waals surface area contributed by atoms with E-state index in [1.165, 1.54) is 24.8 Å². The van der Waals surface area contributed by atoms with Crippen LogP contribution in [0.2, 0.25) is 5.02 Å². The second-order valence-electron chi connectivity index (χ2n) is 6.62. The van der Waals surface area contributed by atoms with Gasteiger partial charge in [-0.15, -0.1) is 0 Å². The van der Waals surface area contributed by atoms with Crippen LogP contribution < -0.4 is 14.8 Å². The molecule has 3 rings (SSSR count). The van der Waals surface area contributed by atoms with Gasteiger partial charge in [0.2, 0.25) is 0 Å². The number of fused-ring (bicyclic) bond motifs is 2. The molecule has 2 fully saturated rings. The van der Waals surface area contributed by atoms with Gasteiger partial charge in [0.15, 0.2) is 11.5 Å². The van der Waals surface area contributed by atoms with Gasteiger partial charge in [-0.3, -0.25) is 4.90 Å². The molecule has 2 saturated heterocycles. The first-order valence-corrected chi connectivity index (χ1v) is 9.05. The van der Waals surface area contributed by atoms with E-state index < -0.39 is 0 Å². The van der Waals surface area contributed by atoms with Crippen LogP contribution >= 0.6 is 11.6 Å². The van der Waals surface area contributed by atoms with Gasteiger partial charge in [0, 0.05) is 31.7 Å². The third-order valence-corrected chi connectivity index (χ3v) is 5.03. The Balaban J connectivity index is 1.71. The van der Waals surface area contributed by atoms with Gasteiger partial charge < -0.3 is 14.8 Å². The predicted octanol–water partition coefficient (Wildman–Crippen LogP) is 3.46. The predicted molar refractivity (Wildman–Crippen MR) is 93.6 cm³/mol. The SMILES string of the molecule is CCCOc1c(Cl)cc(CN2CC[C@H]3CC[C@@H](C2)N3)cc1OC. The maximum absolute atomic E-state index is 6.43. The first-order valence-electron chi connectivity index (χ1n) is 8.67. The molecule has 1 aromatic carbocycles. The summed E-state index contributed by atoms with van der Waals surface area (Å²) in [6.45, 7) is 5.90. The zero-order valence-electron chi connectivity index (χ0n) is 14.1. The Hall–Kier alpha value is -0.970. The number of methoxy groups -OCH3 is 1. The van der Waals surface area contributed by atoms with Crippen molar-refractivity contribution in [1.82, 2.24) is 10.2 Å². The van der Waals surface area contributed by atoms with Gasteiger partial charge in [0.05, 0.1) is 18.7 Å². The molecule has 2 bridgehead atoms. The largest absolute Gasteiger partial charge is 0.493 e. The van der Waals surface area contributed by atoms with Gasteiger partial charge in [-0.2, -0.15) is 0 Å². The van der Waals surface area contributed by atoms with E-state index in [1.807, 2.05) is 6.07 Å². The van der Waals surface area contributed by atoms with Crippen molar-refractivity contribution < 1.29 is 9.47 Å². The molecule has 2 heterocycles. The quantitative estimate of drug-likeness (QED) is 0.861. The fourth-order valence-corrected chi connectivity index (χ4v) is 3.91. The second-order valence-corrected chi connectivity index (χ2v) is 7.03. The van der Waals surface area contributed by atoms with Crippen LogP contribution in [0.25, 0.3) is 0 Å². The van der Waals surface area contributed by atoms with Crippen molar-refractivity contribution in [2.45, 2.75) is 51.2 Å². The summed E-state index contributed by atoms with van der Waals surface area (Å²) in [6, 6.07) is 5.44. The summed E-state index contributed by atoms with van der Waals surface area (Å²) in [7, 11) is 1.67. The monoisotopic (exact) mass is 338 g/mol. The molecule has 0 aromatic heterocycles. The maximum Gasteiger partial charge on any atom is 0.179 e. The average molecular weight is 339 g/mol. The topological polar surface area (TPSA) is 33.7 Å². The van der Waals surface area contributed by atoms with Crippen LogP contribution in [0.1, 0.15) is 38.2 Å². The highest BCUT2D eigenvalue weighted by Gasteiger charge is 2.29. The fourth-order valence-electron chi connectivity index (χ4n) is 3.63. The van der Waals surface area contributed by atoms with Gasteiger partial charge >= 0.3 is 0 Å². The lowest BCUT2D eigenvalue weighted by Crippen LogP contribution is -2.34. The summed E-state index contributed by atoms with van der Waals surface area (Å²) in [6.07, 6.45) is 4.82. The molecule has 0 aliphatic carbocycles. The molecule has 5 heteroatoms. The Kier molecular flexibility index (Phi) is 5.67. The van der Waals surface area contributed by atoms with Crippen molar-refractivity contribution in [3.63, 3.8) is 0 Å². The van der Waals surface area contributed by atoms with Crippen LogP contribution in [-0.4, -0.2) is 43.8 Å². The number of hydrogen-bond acceptors (Lipinski definition) is 4. The number of benzene rings is 1. The molecule has 2 atom stereocenters. The van der Waals surface area contributed by atoms with Crippen molar-refractivity contribution in [2.75, 3.05) is 26.8 Å². The minimum atomic E-state index is 0.641. The molecule has 1 N–H and O–H groups in total. The molecule has 0 spiro atoms. The first-order chi connectivity index (χ1) is 11.2. The highest BCUT2D eigenvalue weighted by atomic mass is 35.5. The van der Waals surface area contributed by atoms with Crippen LogP contribution in [0.15, 0.2) is 12.1 Å². The molecule has 1 aromatic rings. The molecular weight excluding hydrogens is 312 g/mol. The van der Waals surface area contributed by atoms with Crippen LogP contribution in [0.4, 0.5) is 0 Å². The normalized spacial score (nSPS) is 24.5. The minimum Gasteiger partial charge on any atom is -0.493 e. The van der Waals surface area contributed by atoms with Crippen LogP contribution in [0, 0.1) is 0 Å². The summed E-state index contributed by atoms with van der Waals surface area (Å²) in [4.78, 5) is 2.52. The number of halogens is 1. The van der Waals surface area contributed by atoms with E-state index in [1.54, 1.807) is 7.11 Å². The lowest BCUT2D eigenvalue weighted by molar-refractivity contribution is 0.250. The van der Waals surface area contributed by atoms with Gasteiger partial charge in [-0.05, 0) is 43.4 Å². The van der Waals surface area contributed by atoms with Crippen molar-refractivity contribution >= 4 is 11.6 Å². The van der Waals surface area contributed by atoms with Crippen molar-refractivity contribution in [3.05, 3.63) is 22.7 Å². The summed E-state index contributed by atoms with van der Waals surface area (Å²) in [5, 5.41) is 4.36. The lowest BCUT2D eigenvalue weighted by atomic mass is 10.1. The minimum absolute atomic E-state index is 0.641.